The molecule has 0 unspecified atom stereocenters. The number of phenolic OH excluding ortho intramolecular Hbond substituents is 1. The molecule has 1 saturated carbocycles. The van der Waals surface area contributed by atoms with Crippen molar-refractivity contribution >= 4 is 5.71 Å². The van der Waals surface area contributed by atoms with E-state index >= 15 is 0 Å². The number of fused-ring (bicyclic) bond motifs is 1. The molecule has 1 aliphatic heterocycles. The van der Waals surface area contributed by atoms with Gasteiger partial charge in [0.15, 0.2) is 11.5 Å². The lowest BCUT2D eigenvalue weighted by Crippen LogP contribution is -2.45. The van der Waals surface area contributed by atoms with Gasteiger partial charge in [0.25, 0.3) is 0 Å². The fourth-order valence-corrected chi connectivity index (χ4v) is 4.81. The third-order valence-corrected chi connectivity index (χ3v) is 6.29. The van der Waals surface area contributed by atoms with Gasteiger partial charge in [0.1, 0.15) is 0 Å². The van der Waals surface area contributed by atoms with E-state index in [4.69, 9.17) is 9.84 Å². The van der Waals surface area contributed by atoms with Crippen molar-refractivity contribution in [3.8, 4) is 11.5 Å². The Kier molecular flexibility index (Phi) is 5.18. The molecule has 0 spiro atoms. The second-order valence-electron chi connectivity index (χ2n) is 7.95. The SMILES string of the molecule is COc1ccc(C2=NN(C3CCCCCC3)C[C@@H]3CC=CC[C@H]23)cc1O. The number of phenols is 1. The molecule has 1 heterocycles. The predicted octanol–water partition coefficient (Wildman–Crippen LogP) is 4.73. The molecule has 1 aromatic carbocycles. The second kappa shape index (κ2) is 7.73. The molecule has 0 radical (unpaired) electrons. The summed E-state index contributed by atoms with van der Waals surface area (Å²) in [6.07, 6.45) is 14.7. The molecule has 0 amide bonds. The Hall–Kier alpha value is -1.97. The summed E-state index contributed by atoms with van der Waals surface area (Å²) in [6.45, 7) is 1.07. The quantitative estimate of drug-likeness (QED) is 0.631. The monoisotopic (exact) mass is 354 g/mol. The minimum atomic E-state index is 0.196. The second-order valence-corrected chi connectivity index (χ2v) is 7.95. The molecule has 0 saturated heterocycles. The topological polar surface area (TPSA) is 45.1 Å². The van der Waals surface area contributed by atoms with Crippen LogP contribution in [0.15, 0.2) is 35.5 Å². The fraction of sp³-hybridized carbons (Fsp3) is 0.591. The number of ether oxygens (including phenoxy) is 1. The molecule has 3 aliphatic rings. The van der Waals surface area contributed by atoms with Gasteiger partial charge in [0.05, 0.1) is 12.8 Å². The van der Waals surface area contributed by atoms with E-state index in [0.717, 1.165) is 30.7 Å². The third kappa shape index (κ3) is 3.46. The third-order valence-electron chi connectivity index (χ3n) is 6.29. The molecule has 0 aromatic heterocycles. The summed E-state index contributed by atoms with van der Waals surface area (Å²) < 4.78 is 5.21. The zero-order valence-corrected chi connectivity index (χ0v) is 15.7. The standard InChI is InChI=1S/C22H30N2O2/c1-26-21-13-12-16(14-20(21)25)22-19-11-7-6-8-17(19)15-24(23-22)18-9-4-2-3-5-10-18/h6-7,12-14,17-19,25H,2-5,8-11,15H2,1H3/t17-,19-/m0/s1. The van der Waals surface area contributed by atoms with Crippen molar-refractivity contribution in [1.82, 2.24) is 5.01 Å². The average Bonchev–Trinajstić information content (AvgIpc) is 2.96. The molecule has 1 fully saturated rings. The lowest BCUT2D eigenvalue weighted by molar-refractivity contribution is 0.127. The average molecular weight is 354 g/mol. The molecule has 0 bridgehead atoms. The molecule has 4 nitrogen and oxygen atoms in total. The van der Waals surface area contributed by atoms with Gasteiger partial charge in [-0.2, -0.15) is 5.10 Å². The molecule has 4 heteroatoms. The van der Waals surface area contributed by atoms with Crippen molar-refractivity contribution in [2.24, 2.45) is 16.9 Å². The van der Waals surface area contributed by atoms with E-state index in [2.05, 4.69) is 17.2 Å². The normalized spacial score (nSPS) is 26.8. The highest BCUT2D eigenvalue weighted by Crippen LogP contribution is 2.37. The maximum atomic E-state index is 10.3. The lowest BCUT2D eigenvalue weighted by atomic mass is 9.76. The Labute approximate surface area is 156 Å². The molecule has 140 valence electrons. The molecule has 26 heavy (non-hydrogen) atoms. The van der Waals surface area contributed by atoms with Gasteiger partial charge in [-0.05, 0) is 49.8 Å². The summed E-state index contributed by atoms with van der Waals surface area (Å²) in [6, 6.07) is 6.30. The first kappa shape index (κ1) is 17.4. The van der Waals surface area contributed by atoms with Crippen LogP contribution < -0.4 is 4.74 Å². The van der Waals surface area contributed by atoms with Gasteiger partial charge in [-0.15, -0.1) is 0 Å². The summed E-state index contributed by atoms with van der Waals surface area (Å²) in [5.74, 6) is 1.79. The van der Waals surface area contributed by atoms with Gasteiger partial charge in [-0.25, -0.2) is 0 Å². The zero-order chi connectivity index (χ0) is 17.9. The number of methoxy groups -OCH3 is 1. The number of hydrogen-bond donors (Lipinski definition) is 1. The number of hydrazone groups is 1. The summed E-state index contributed by atoms with van der Waals surface area (Å²) in [5.41, 5.74) is 2.18. The molecule has 4 rings (SSSR count). The first-order valence-corrected chi connectivity index (χ1v) is 10.1. The van der Waals surface area contributed by atoms with Crippen molar-refractivity contribution in [3.63, 3.8) is 0 Å². The van der Waals surface area contributed by atoms with Gasteiger partial charge in [-0.3, -0.25) is 5.01 Å². The molecule has 2 aliphatic carbocycles. The molecule has 2 atom stereocenters. The maximum Gasteiger partial charge on any atom is 0.160 e. The Morgan fingerprint density at radius 1 is 1.08 bits per heavy atom. The molecule has 1 N–H and O–H groups in total. The number of aromatic hydroxyl groups is 1. The van der Waals surface area contributed by atoms with Crippen molar-refractivity contribution in [1.29, 1.82) is 0 Å². The van der Waals surface area contributed by atoms with Crippen LogP contribution in [0.25, 0.3) is 0 Å². The van der Waals surface area contributed by atoms with Crippen LogP contribution in [0.3, 0.4) is 0 Å². The molecular formula is C22H30N2O2. The van der Waals surface area contributed by atoms with Gasteiger partial charge in [-0.1, -0.05) is 37.8 Å². The van der Waals surface area contributed by atoms with Crippen molar-refractivity contribution in [2.45, 2.75) is 57.4 Å². The van der Waals surface area contributed by atoms with Crippen LogP contribution in [-0.2, 0) is 0 Å². The summed E-state index contributed by atoms with van der Waals surface area (Å²) in [4.78, 5) is 0. The van der Waals surface area contributed by atoms with E-state index in [1.54, 1.807) is 7.11 Å². The van der Waals surface area contributed by atoms with Gasteiger partial charge in [0, 0.05) is 24.1 Å². The molecule has 1 aromatic rings. The van der Waals surface area contributed by atoms with E-state index < -0.39 is 0 Å². The van der Waals surface area contributed by atoms with Crippen LogP contribution in [0.1, 0.15) is 56.9 Å². The smallest absolute Gasteiger partial charge is 0.160 e. The van der Waals surface area contributed by atoms with Crippen LogP contribution in [0, 0.1) is 11.8 Å². The number of allylic oxidation sites excluding steroid dienone is 2. The highest BCUT2D eigenvalue weighted by Gasteiger charge is 2.36. The minimum absolute atomic E-state index is 0.196. The Morgan fingerprint density at radius 3 is 2.58 bits per heavy atom. The van der Waals surface area contributed by atoms with Crippen LogP contribution in [0.2, 0.25) is 0 Å². The minimum Gasteiger partial charge on any atom is -0.504 e. The maximum absolute atomic E-state index is 10.3. The fourth-order valence-electron chi connectivity index (χ4n) is 4.81. The van der Waals surface area contributed by atoms with Gasteiger partial charge in [0.2, 0.25) is 0 Å². The number of benzene rings is 1. The van der Waals surface area contributed by atoms with Crippen molar-refractivity contribution in [3.05, 3.63) is 35.9 Å². The van der Waals surface area contributed by atoms with E-state index in [9.17, 15) is 5.11 Å². The highest BCUT2D eigenvalue weighted by atomic mass is 16.5. The summed E-state index contributed by atoms with van der Waals surface area (Å²) in [5, 5.41) is 17.8. The largest absolute Gasteiger partial charge is 0.504 e. The van der Waals surface area contributed by atoms with E-state index in [1.165, 1.54) is 38.5 Å². The Balaban J connectivity index is 1.67. The van der Waals surface area contributed by atoms with Gasteiger partial charge >= 0.3 is 0 Å². The number of nitrogens with zero attached hydrogens (tertiary/aromatic N) is 2. The summed E-state index contributed by atoms with van der Waals surface area (Å²) >= 11 is 0. The summed E-state index contributed by atoms with van der Waals surface area (Å²) in [7, 11) is 1.59. The van der Waals surface area contributed by atoms with E-state index in [-0.39, 0.29) is 5.75 Å². The zero-order valence-electron chi connectivity index (χ0n) is 15.7. The first-order chi connectivity index (χ1) is 12.8. The van der Waals surface area contributed by atoms with Crippen molar-refractivity contribution < 1.29 is 9.84 Å². The number of hydrogen-bond acceptors (Lipinski definition) is 4. The van der Waals surface area contributed by atoms with Gasteiger partial charge < -0.3 is 9.84 Å². The predicted molar refractivity (Wildman–Crippen MR) is 105 cm³/mol. The Bertz CT molecular complexity index is 689. The Morgan fingerprint density at radius 2 is 1.85 bits per heavy atom. The number of rotatable bonds is 3. The van der Waals surface area contributed by atoms with E-state index in [0.29, 0.717) is 23.6 Å². The van der Waals surface area contributed by atoms with Crippen LogP contribution in [0.4, 0.5) is 0 Å². The van der Waals surface area contributed by atoms with Crippen LogP contribution >= 0.6 is 0 Å². The van der Waals surface area contributed by atoms with E-state index in [1.807, 2.05) is 18.2 Å². The highest BCUT2D eigenvalue weighted by molar-refractivity contribution is 6.03. The lowest BCUT2D eigenvalue weighted by Gasteiger charge is -2.42. The first-order valence-electron chi connectivity index (χ1n) is 10.1. The van der Waals surface area contributed by atoms with Crippen LogP contribution in [0.5, 0.6) is 11.5 Å². The molecular weight excluding hydrogens is 324 g/mol. The van der Waals surface area contributed by atoms with Crippen molar-refractivity contribution in [2.75, 3.05) is 13.7 Å². The van der Waals surface area contributed by atoms with Crippen LogP contribution in [-0.4, -0.2) is 35.5 Å².